The Labute approximate surface area is 120 Å². The van der Waals surface area contributed by atoms with Gasteiger partial charge in [-0.15, -0.1) is 0 Å². The Morgan fingerprint density at radius 3 is 2.11 bits per heavy atom. The quantitative estimate of drug-likeness (QED) is 0.772. The van der Waals surface area contributed by atoms with Crippen LogP contribution in [0.1, 0.15) is 53.9 Å². The van der Waals surface area contributed by atoms with Crippen molar-refractivity contribution in [1.29, 1.82) is 0 Å². The summed E-state index contributed by atoms with van der Waals surface area (Å²) in [5, 5.41) is 0. The molecule has 2 fully saturated rings. The first kappa shape index (κ1) is 15.3. The lowest BCUT2D eigenvalue weighted by atomic mass is 9.75. The summed E-state index contributed by atoms with van der Waals surface area (Å²) >= 11 is 0. The average Bonchev–Trinajstić information content (AvgIpc) is 2.77. The van der Waals surface area contributed by atoms with Gasteiger partial charge in [-0.1, -0.05) is 20.8 Å². The van der Waals surface area contributed by atoms with Crippen LogP contribution in [-0.2, 0) is 0 Å². The van der Waals surface area contributed by atoms with Gasteiger partial charge in [-0.3, -0.25) is 0 Å². The van der Waals surface area contributed by atoms with E-state index in [2.05, 4.69) is 44.4 Å². The van der Waals surface area contributed by atoms with Crippen LogP contribution in [0.2, 0.25) is 0 Å². The van der Waals surface area contributed by atoms with Crippen LogP contribution in [-0.4, -0.2) is 48.6 Å². The molecule has 0 unspecified atom stereocenters. The van der Waals surface area contributed by atoms with Gasteiger partial charge in [-0.05, 0) is 70.0 Å². The number of hydrogen-bond acceptors (Lipinski definition) is 2. The standard InChI is InChI=1S/C17H34N2/c1-14(2)19-11-6-15(13-19)12-18-9-7-16(8-10-18)17(3,4)5/h14-16H,6-13H2,1-5H3/t15-/m0/s1. The maximum Gasteiger partial charge on any atom is 0.00387 e. The number of rotatable bonds is 3. The van der Waals surface area contributed by atoms with Crippen molar-refractivity contribution in [2.45, 2.75) is 59.9 Å². The van der Waals surface area contributed by atoms with Crippen LogP contribution < -0.4 is 0 Å². The highest BCUT2D eigenvalue weighted by Crippen LogP contribution is 2.34. The molecule has 0 aromatic carbocycles. The lowest BCUT2D eigenvalue weighted by molar-refractivity contribution is 0.101. The molecular weight excluding hydrogens is 232 g/mol. The van der Waals surface area contributed by atoms with E-state index in [0.29, 0.717) is 5.41 Å². The zero-order chi connectivity index (χ0) is 14.0. The fraction of sp³-hybridized carbons (Fsp3) is 1.00. The first-order valence-electron chi connectivity index (χ1n) is 8.32. The van der Waals surface area contributed by atoms with Crippen LogP contribution in [0, 0.1) is 17.3 Å². The van der Waals surface area contributed by atoms with Crippen molar-refractivity contribution >= 4 is 0 Å². The molecule has 2 heteroatoms. The number of nitrogens with zero attached hydrogens (tertiary/aromatic N) is 2. The maximum atomic E-state index is 2.73. The maximum absolute atomic E-state index is 2.73. The van der Waals surface area contributed by atoms with Crippen molar-refractivity contribution in [3.05, 3.63) is 0 Å². The first-order valence-corrected chi connectivity index (χ1v) is 8.32. The Kier molecular flexibility index (Phi) is 4.94. The molecule has 0 amide bonds. The van der Waals surface area contributed by atoms with Crippen LogP contribution in [0.4, 0.5) is 0 Å². The summed E-state index contributed by atoms with van der Waals surface area (Å²) in [6.45, 7) is 18.5. The topological polar surface area (TPSA) is 6.48 Å². The molecule has 0 aliphatic carbocycles. The third kappa shape index (κ3) is 4.19. The molecule has 0 N–H and O–H groups in total. The highest BCUT2D eigenvalue weighted by molar-refractivity contribution is 4.84. The van der Waals surface area contributed by atoms with Crippen molar-refractivity contribution in [1.82, 2.24) is 9.80 Å². The van der Waals surface area contributed by atoms with E-state index < -0.39 is 0 Å². The Morgan fingerprint density at radius 1 is 1.00 bits per heavy atom. The smallest absolute Gasteiger partial charge is 0.00387 e. The minimum absolute atomic E-state index is 0.508. The Bertz CT molecular complexity index is 271. The van der Waals surface area contributed by atoms with Gasteiger partial charge in [-0.2, -0.15) is 0 Å². The highest BCUT2D eigenvalue weighted by atomic mass is 15.2. The van der Waals surface area contributed by atoms with Crippen LogP contribution in [0.3, 0.4) is 0 Å². The van der Waals surface area contributed by atoms with Crippen molar-refractivity contribution in [2.75, 3.05) is 32.7 Å². The number of hydrogen-bond donors (Lipinski definition) is 0. The predicted octanol–water partition coefficient (Wildman–Crippen LogP) is 3.47. The average molecular weight is 266 g/mol. The second kappa shape index (κ2) is 6.13. The van der Waals surface area contributed by atoms with E-state index in [9.17, 15) is 0 Å². The summed E-state index contributed by atoms with van der Waals surface area (Å²) in [6.07, 6.45) is 4.23. The third-order valence-electron chi connectivity index (χ3n) is 5.38. The molecule has 19 heavy (non-hydrogen) atoms. The second-order valence-electron chi connectivity index (χ2n) is 8.18. The molecule has 2 heterocycles. The molecule has 0 aromatic rings. The molecule has 0 spiro atoms. The van der Waals surface area contributed by atoms with E-state index in [-0.39, 0.29) is 0 Å². The molecule has 0 radical (unpaired) electrons. The van der Waals surface area contributed by atoms with E-state index >= 15 is 0 Å². The van der Waals surface area contributed by atoms with Crippen molar-refractivity contribution in [3.63, 3.8) is 0 Å². The molecule has 112 valence electrons. The van der Waals surface area contributed by atoms with Gasteiger partial charge >= 0.3 is 0 Å². The van der Waals surface area contributed by atoms with Crippen molar-refractivity contribution < 1.29 is 0 Å². The van der Waals surface area contributed by atoms with Gasteiger partial charge in [-0.25, -0.2) is 0 Å². The molecule has 0 bridgehead atoms. The summed E-state index contributed by atoms with van der Waals surface area (Å²) < 4.78 is 0. The van der Waals surface area contributed by atoms with E-state index in [4.69, 9.17) is 0 Å². The SMILES string of the molecule is CC(C)N1CC[C@@H](CN2CCC(C(C)(C)C)CC2)C1. The number of likely N-dealkylation sites (tertiary alicyclic amines) is 2. The Morgan fingerprint density at radius 2 is 1.63 bits per heavy atom. The van der Waals surface area contributed by atoms with Crippen molar-refractivity contribution in [3.8, 4) is 0 Å². The molecule has 0 saturated carbocycles. The molecule has 2 aliphatic rings. The zero-order valence-corrected chi connectivity index (χ0v) is 13.8. The van der Waals surface area contributed by atoms with Gasteiger partial charge in [0.05, 0.1) is 0 Å². The summed E-state index contributed by atoms with van der Waals surface area (Å²) in [5.41, 5.74) is 0.508. The summed E-state index contributed by atoms with van der Waals surface area (Å²) in [4.78, 5) is 5.38. The van der Waals surface area contributed by atoms with Gasteiger partial charge in [0.25, 0.3) is 0 Å². The fourth-order valence-electron chi connectivity index (χ4n) is 3.83. The van der Waals surface area contributed by atoms with Gasteiger partial charge in [0.2, 0.25) is 0 Å². The molecule has 1 atom stereocenters. The lowest BCUT2D eigenvalue weighted by Gasteiger charge is -2.39. The van der Waals surface area contributed by atoms with E-state index in [1.165, 1.54) is 52.0 Å². The first-order chi connectivity index (χ1) is 8.86. The largest absolute Gasteiger partial charge is 0.303 e. The minimum Gasteiger partial charge on any atom is -0.303 e. The molecule has 0 aromatic heterocycles. The summed E-state index contributed by atoms with van der Waals surface area (Å²) in [5.74, 6) is 1.85. The monoisotopic (exact) mass is 266 g/mol. The van der Waals surface area contributed by atoms with Gasteiger partial charge in [0, 0.05) is 19.1 Å². The number of piperidine rings is 1. The Hall–Kier alpha value is -0.0800. The summed E-state index contributed by atoms with van der Waals surface area (Å²) in [6, 6.07) is 0.733. The molecule has 2 saturated heterocycles. The molecular formula is C17H34N2. The van der Waals surface area contributed by atoms with Gasteiger partial charge in [0.1, 0.15) is 0 Å². The second-order valence-corrected chi connectivity index (χ2v) is 8.18. The predicted molar refractivity (Wildman–Crippen MR) is 83.4 cm³/mol. The third-order valence-corrected chi connectivity index (χ3v) is 5.38. The summed E-state index contributed by atoms with van der Waals surface area (Å²) in [7, 11) is 0. The highest BCUT2D eigenvalue weighted by Gasteiger charge is 2.31. The van der Waals surface area contributed by atoms with Crippen LogP contribution in [0.25, 0.3) is 0 Å². The normalized spacial score (nSPS) is 28.4. The Balaban J connectivity index is 1.72. The molecule has 2 aliphatic heterocycles. The van der Waals surface area contributed by atoms with Gasteiger partial charge in [0.15, 0.2) is 0 Å². The van der Waals surface area contributed by atoms with Crippen LogP contribution in [0.5, 0.6) is 0 Å². The van der Waals surface area contributed by atoms with E-state index in [1.54, 1.807) is 0 Å². The van der Waals surface area contributed by atoms with E-state index in [1.807, 2.05) is 0 Å². The van der Waals surface area contributed by atoms with Crippen molar-refractivity contribution in [2.24, 2.45) is 17.3 Å². The minimum atomic E-state index is 0.508. The van der Waals surface area contributed by atoms with Crippen LogP contribution in [0.15, 0.2) is 0 Å². The van der Waals surface area contributed by atoms with Gasteiger partial charge < -0.3 is 9.80 Å². The van der Waals surface area contributed by atoms with Crippen LogP contribution >= 0.6 is 0 Å². The molecule has 2 nitrogen and oxygen atoms in total. The fourth-order valence-corrected chi connectivity index (χ4v) is 3.83. The lowest BCUT2D eigenvalue weighted by Crippen LogP contribution is -2.41. The zero-order valence-electron chi connectivity index (χ0n) is 13.8. The van der Waals surface area contributed by atoms with E-state index in [0.717, 1.165) is 17.9 Å². The molecule has 2 rings (SSSR count).